The molecule has 0 amide bonds. The van der Waals surface area contributed by atoms with Crippen molar-refractivity contribution in [3.63, 3.8) is 0 Å². The van der Waals surface area contributed by atoms with Gasteiger partial charge in [0.2, 0.25) is 0 Å². The van der Waals surface area contributed by atoms with Gasteiger partial charge in [-0.25, -0.2) is 8.78 Å². The first-order chi connectivity index (χ1) is 16.5. The molecule has 2 atom stereocenters. The van der Waals surface area contributed by atoms with Crippen molar-refractivity contribution in [2.75, 3.05) is 13.2 Å². The van der Waals surface area contributed by atoms with Crippen LogP contribution in [-0.2, 0) is 6.42 Å². The summed E-state index contributed by atoms with van der Waals surface area (Å²) in [5.41, 5.74) is 7.19. The summed E-state index contributed by atoms with van der Waals surface area (Å²) in [6, 6.07) is 3.49. The van der Waals surface area contributed by atoms with E-state index >= 15 is 8.78 Å². The molecule has 0 radical (unpaired) electrons. The van der Waals surface area contributed by atoms with E-state index in [0.29, 0.717) is 17.5 Å². The van der Waals surface area contributed by atoms with E-state index in [-0.39, 0.29) is 12.4 Å². The van der Waals surface area contributed by atoms with Crippen LogP contribution in [0.15, 0.2) is 30.5 Å². The first-order valence-corrected chi connectivity index (χ1v) is 11.7. The smallest absolute Gasteiger partial charge is 0.401 e. The zero-order valence-electron chi connectivity index (χ0n) is 19.3. The maximum atomic E-state index is 15.5. The predicted octanol–water partition coefficient (Wildman–Crippen LogP) is 5.39. The van der Waals surface area contributed by atoms with E-state index in [4.69, 9.17) is 10.5 Å². The summed E-state index contributed by atoms with van der Waals surface area (Å²) in [5.74, 6) is -1.94. The van der Waals surface area contributed by atoms with Gasteiger partial charge in [0.25, 0.3) is 0 Å². The van der Waals surface area contributed by atoms with E-state index in [9.17, 15) is 13.2 Å². The minimum atomic E-state index is -4.55. The number of benzene rings is 2. The zero-order valence-corrected chi connectivity index (χ0v) is 19.3. The van der Waals surface area contributed by atoms with Crippen LogP contribution in [0, 0.1) is 11.6 Å². The summed E-state index contributed by atoms with van der Waals surface area (Å²) >= 11 is 0. The Kier molecular flexibility index (Phi) is 5.99. The number of aromatic amines is 1. The summed E-state index contributed by atoms with van der Waals surface area (Å²) in [5, 5.41) is 7.60. The van der Waals surface area contributed by atoms with Crippen LogP contribution in [-0.4, -0.2) is 46.0 Å². The van der Waals surface area contributed by atoms with Crippen LogP contribution in [0.1, 0.15) is 55.3 Å². The summed E-state index contributed by atoms with van der Waals surface area (Å²) in [4.78, 5) is 1.11. The van der Waals surface area contributed by atoms with E-state index in [1.165, 1.54) is 0 Å². The van der Waals surface area contributed by atoms with Gasteiger partial charge in [-0.3, -0.25) is 10.00 Å². The number of H-pyrrole nitrogens is 1. The van der Waals surface area contributed by atoms with Crippen LogP contribution in [0.5, 0.6) is 5.75 Å². The quantitative estimate of drug-likeness (QED) is 0.467. The largest absolute Gasteiger partial charge is 0.491 e. The third-order valence-corrected chi connectivity index (χ3v) is 7.28. The second-order valence-corrected chi connectivity index (χ2v) is 9.87. The van der Waals surface area contributed by atoms with Gasteiger partial charge in [-0.1, -0.05) is 18.9 Å². The molecule has 0 unspecified atom stereocenters. The van der Waals surface area contributed by atoms with E-state index in [2.05, 4.69) is 10.2 Å². The second kappa shape index (κ2) is 8.74. The predicted molar refractivity (Wildman–Crippen MR) is 121 cm³/mol. The molecule has 1 aromatic heterocycles. The van der Waals surface area contributed by atoms with Crippen molar-refractivity contribution < 1.29 is 26.7 Å². The molecule has 1 aliphatic heterocycles. The Morgan fingerprint density at radius 1 is 1.17 bits per heavy atom. The lowest BCUT2D eigenvalue weighted by Gasteiger charge is -2.42. The summed E-state index contributed by atoms with van der Waals surface area (Å²) < 4.78 is 77.3. The van der Waals surface area contributed by atoms with Gasteiger partial charge in [0, 0.05) is 29.1 Å². The minimum Gasteiger partial charge on any atom is -0.491 e. The summed E-state index contributed by atoms with van der Waals surface area (Å²) in [6.07, 6.45) is 0.813. The first kappa shape index (κ1) is 24.0. The lowest BCUT2D eigenvalue weighted by Crippen LogP contribution is -2.47. The molecule has 0 spiro atoms. The van der Waals surface area contributed by atoms with Crippen LogP contribution in [0.2, 0.25) is 0 Å². The number of nitrogens with one attached hydrogen (secondary N) is 1. The first-order valence-electron chi connectivity index (χ1n) is 11.7. The van der Waals surface area contributed by atoms with Crippen molar-refractivity contribution in [3.05, 3.63) is 58.8 Å². The van der Waals surface area contributed by atoms with Crippen LogP contribution >= 0.6 is 0 Å². The molecular formula is C25H27F5N4O. The number of hydrogen-bond donors (Lipinski definition) is 2. The van der Waals surface area contributed by atoms with E-state index in [0.717, 1.165) is 53.7 Å². The molecular weight excluding hydrogens is 467 g/mol. The van der Waals surface area contributed by atoms with Crippen molar-refractivity contribution in [1.29, 1.82) is 0 Å². The average Bonchev–Trinajstić information content (AvgIpc) is 3.42. The number of aromatic nitrogens is 2. The van der Waals surface area contributed by atoms with Crippen molar-refractivity contribution in [1.82, 2.24) is 15.1 Å². The summed E-state index contributed by atoms with van der Waals surface area (Å²) in [7, 11) is 0. The Balaban J connectivity index is 1.57. The van der Waals surface area contributed by atoms with Gasteiger partial charge in [-0.15, -0.1) is 0 Å². The molecule has 2 aromatic carbocycles. The highest BCUT2D eigenvalue weighted by Gasteiger charge is 2.43. The fourth-order valence-corrected chi connectivity index (χ4v) is 5.55. The Bertz CT molecular complexity index is 1210. The molecule has 0 bridgehead atoms. The van der Waals surface area contributed by atoms with Crippen molar-refractivity contribution in [3.8, 4) is 5.75 Å². The molecule has 3 N–H and O–H groups in total. The average molecular weight is 495 g/mol. The van der Waals surface area contributed by atoms with Crippen LogP contribution in [0.3, 0.4) is 0 Å². The number of nitrogens with zero attached hydrogens (tertiary/aromatic N) is 2. The fraction of sp³-hybridized carbons (Fsp3) is 0.480. The van der Waals surface area contributed by atoms with E-state index in [1.807, 2.05) is 0 Å². The van der Waals surface area contributed by atoms with Crippen LogP contribution in [0.25, 0.3) is 10.9 Å². The molecule has 2 aliphatic rings. The molecule has 3 aromatic rings. The molecule has 5 rings (SSSR count). The van der Waals surface area contributed by atoms with Gasteiger partial charge >= 0.3 is 6.18 Å². The Morgan fingerprint density at radius 3 is 2.51 bits per heavy atom. The van der Waals surface area contributed by atoms with E-state index in [1.54, 1.807) is 25.3 Å². The SMILES string of the molecule is C[C@@H]1Cc2c(ccc3[nH]ncc23)[C@@H](c2c(F)cc(OCC3(N)CCCC3)cc2F)N1CC(F)(F)F. The lowest BCUT2D eigenvalue weighted by molar-refractivity contribution is -0.155. The normalized spacial score (nSPS) is 22.5. The zero-order chi connectivity index (χ0) is 25.0. The van der Waals surface area contributed by atoms with Crippen molar-refractivity contribution in [2.24, 2.45) is 5.73 Å². The van der Waals surface area contributed by atoms with Crippen molar-refractivity contribution in [2.45, 2.75) is 62.8 Å². The number of alkyl halides is 3. The van der Waals surface area contributed by atoms with Crippen molar-refractivity contribution >= 4 is 10.9 Å². The molecule has 0 saturated heterocycles. The standard InChI is InChI=1S/C25H27F5N4O/c1-14-8-17-16(4-5-21-18(17)11-32-33-21)23(34(14)12-25(28,29)30)22-19(26)9-15(10-20(22)27)35-13-24(31)6-2-3-7-24/h4-5,9-11,14,23H,2-3,6-8,12-13,31H2,1H3,(H,32,33)/t14-,23+/m1/s1. The van der Waals surface area contributed by atoms with Gasteiger partial charge in [0.05, 0.1) is 29.8 Å². The third kappa shape index (κ3) is 4.61. The van der Waals surface area contributed by atoms with Gasteiger partial charge in [-0.05, 0) is 43.4 Å². The van der Waals surface area contributed by atoms with E-state index < -0.39 is 47.5 Å². The van der Waals surface area contributed by atoms with Gasteiger partial charge in [0.1, 0.15) is 24.0 Å². The maximum Gasteiger partial charge on any atom is 0.401 e. The summed E-state index contributed by atoms with van der Waals surface area (Å²) in [6.45, 7) is 0.456. The Hall–Kier alpha value is -2.72. The number of nitrogens with two attached hydrogens (primary N) is 1. The molecule has 10 heteroatoms. The monoisotopic (exact) mass is 494 g/mol. The molecule has 1 aliphatic carbocycles. The highest BCUT2D eigenvalue weighted by Crippen LogP contribution is 2.44. The number of ether oxygens (including phenoxy) is 1. The minimum absolute atomic E-state index is 0.0304. The maximum absolute atomic E-state index is 15.5. The van der Waals surface area contributed by atoms with Gasteiger partial charge in [-0.2, -0.15) is 18.3 Å². The van der Waals surface area contributed by atoms with Crippen LogP contribution < -0.4 is 10.5 Å². The molecule has 35 heavy (non-hydrogen) atoms. The molecule has 1 saturated carbocycles. The molecule has 2 heterocycles. The number of hydrogen-bond acceptors (Lipinski definition) is 4. The fourth-order valence-electron chi connectivity index (χ4n) is 5.55. The van der Waals surface area contributed by atoms with Gasteiger partial charge in [0.15, 0.2) is 0 Å². The highest BCUT2D eigenvalue weighted by molar-refractivity contribution is 5.83. The third-order valence-electron chi connectivity index (χ3n) is 7.28. The lowest BCUT2D eigenvalue weighted by atomic mass is 9.83. The number of rotatable bonds is 5. The number of halogens is 5. The highest BCUT2D eigenvalue weighted by atomic mass is 19.4. The van der Waals surface area contributed by atoms with Crippen LogP contribution in [0.4, 0.5) is 22.0 Å². The molecule has 5 nitrogen and oxygen atoms in total. The molecule has 188 valence electrons. The number of fused-ring (bicyclic) bond motifs is 3. The Labute approximate surface area is 199 Å². The molecule has 1 fully saturated rings. The topological polar surface area (TPSA) is 67.2 Å². The second-order valence-electron chi connectivity index (χ2n) is 9.87. The van der Waals surface area contributed by atoms with Gasteiger partial charge < -0.3 is 10.5 Å². The Morgan fingerprint density at radius 2 is 1.86 bits per heavy atom.